The summed E-state index contributed by atoms with van der Waals surface area (Å²) in [5, 5.41) is 0. The van der Waals surface area contributed by atoms with Crippen molar-refractivity contribution >= 4 is 5.78 Å². The zero-order valence-electron chi connectivity index (χ0n) is 12.8. The van der Waals surface area contributed by atoms with Crippen molar-refractivity contribution in [2.24, 2.45) is 17.8 Å². The molecule has 2 saturated carbocycles. The van der Waals surface area contributed by atoms with Gasteiger partial charge in [0.1, 0.15) is 5.78 Å². The van der Waals surface area contributed by atoms with Gasteiger partial charge >= 0.3 is 0 Å². The number of hydrogen-bond donors (Lipinski definition) is 0. The molecule has 108 valence electrons. The smallest absolute Gasteiger partial charge is 0.146 e. The van der Waals surface area contributed by atoms with Gasteiger partial charge in [0.15, 0.2) is 0 Å². The quantitative estimate of drug-likeness (QED) is 0.774. The first kappa shape index (κ1) is 13.9. The Kier molecular flexibility index (Phi) is 3.70. The number of ketones is 1. The minimum Gasteiger partial charge on any atom is -0.298 e. The van der Waals surface area contributed by atoms with E-state index in [1.807, 2.05) is 6.07 Å². The Hall–Kier alpha value is -1.11. The maximum atomic E-state index is 13.2. The predicted octanol–water partition coefficient (Wildman–Crippen LogP) is 4.75. The number of rotatable bonds is 3. The summed E-state index contributed by atoms with van der Waals surface area (Å²) in [7, 11) is 0. The number of hydrogen-bond acceptors (Lipinski definition) is 1. The van der Waals surface area contributed by atoms with E-state index in [1.54, 1.807) is 0 Å². The van der Waals surface area contributed by atoms with E-state index in [-0.39, 0.29) is 5.41 Å². The summed E-state index contributed by atoms with van der Waals surface area (Å²) in [6, 6.07) is 10.5. The molecule has 0 heterocycles. The van der Waals surface area contributed by atoms with Crippen molar-refractivity contribution in [1.82, 2.24) is 0 Å². The molecule has 0 amide bonds. The van der Waals surface area contributed by atoms with Gasteiger partial charge in [-0.1, -0.05) is 50.6 Å². The molecule has 1 nitrogen and oxygen atoms in total. The van der Waals surface area contributed by atoms with E-state index in [9.17, 15) is 4.79 Å². The number of Topliss-reactive ketones (excluding diaryl/α,β-unsaturated/α-hetero) is 1. The Balaban J connectivity index is 1.82. The van der Waals surface area contributed by atoms with E-state index in [4.69, 9.17) is 0 Å². The molecule has 0 N–H and O–H groups in total. The predicted molar refractivity (Wildman–Crippen MR) is 82.6 cm³/mol. The topological polar surface area (TPSA) is 17.1 Å². The van der Waals surface area contributed by atoms with Crippen molar-refractivity contribution in [3.63, 3.8) is 0 Å². The van der Waals surface area contributed by atoms with Crippen LogP contribution in [0.15, 0.2) is 30.3 Å². The maximum absolute atomic E-state index is 13.2. The lowest BCUT2D eigenvalue weighted by Gasteiger charge is -2.45. The summed E-state index contributed by atoms with van der Waals surface area (Å²) in [5.41, 5.74) is 1.13. The van der Waals surface area contributed by atoms with E-state index in [1.165, 1.54) is 18.4 Å². The van der Waals surface area contributed by atoms with Gasteiger partial charge in [-0.05, 0) is 49.5 Å². The van der Waals surface area contributed by atoms with E-state index < -0.39 is 0 Å². The molecule has 20 heavy (non-hydrogen) atoms. The first-order chi connectivity index (χ1) is 9.63. The highest BCUT2D eigenvalue weighted by atomic mass is 16.1. The number of carbonyl (C=O) groups is 1. The fourth-order valence-electron chi connectivity index (χ4n) is 4.14. The Bertz CT molecular complexity index is 472. The minimum atomic E-state index is -0.133. The monoisotopic (exact) mass is 270 g/mol. The second-order valence-corrected chi connectivity index (χ2v) is 7.13. The molecule has 0 spiro atoms. The molecule has 0 aromatic heterocycles. The molecule has 3 rings (SSSR count). The van der Waals surface area contributed by atoms with Crippen LogP contribution in [0.25, 0.3) is 0 Å². The fraction of sp³-hybridized carbons (Fsp3) is 0.632. The van der Waals surface area contributed by atoms with Gasteiger partial charge in [-0.2, -0.15) is 0 Å². The molecule has 3 atom stereocenters. The zero-order valence-corrected chi connectivity index (χ0v) is 12.8. The average molecular weight is 270 g/mol. The summed E-state index contributed by atoms with van der Waals surface area (Å²) in [6.45, 7) is 4.65. The van der Waals surface area contributed by atoms with E-state index in [2.05, 4.69) is 38.1 Å². The van der Waals surface area contributed by atoms with E-state index in [0.717, 1.165) is 31.6 Å². The number of carbonyl (C=O) groups excluding carboxylic acids is 1. The summed E-state index contributed by atoms with van der Waals surface area (Å²) in [5.74, 6) is 2.34. The molecule has 0 bridgehead atoms. The molecule has 0 radical (unpaired) electrons. The second-order valence-electron chi connectivity index (χ2n) is 7.13. The van der Waals surface area contributed by atoms with Gasteiger partial charge in [-0.15, -0.1) is 0 Å². The lowest BCUT2D eigenvalue weighted by atomic mass is 9.57. The van der Waals surface area contributed by atoms with Crippen LogP contribution in [0.3, 0.4) is 0 Å². The van der Waals surface area contributed by atoms with Gasteiger partial charge in [-0.3, -0.25) is 4.79 Å². The van der Waals surface area contributed by atoms with Crippen LogP contribution in [0.2, 0.25) is 0 Å². The molecular weight excluding hydrogens is 244 g/mol. The molecule has 1 aromatic carbocycles. The molecule has 2 aliphatic rings. The summed E-state index contributed by atoms with van der Waals surface area (Å²) in [6.07, 6.45) is 6.78. The zero-order chi connectivity index (χ0) is 14.2. The van der Waals surface area contributed by atoms with Crippen LogP contribution in [0.1, 0.15) is 57.9 Å². The van der Waals surface area contributed by atoms with Crippen molar-refractivity contribution < 1.29 is 4.79 Å². The maximum Gasteiger partial charge on any atom is 0.146 e. The largest absolute Gasteiger partial charge is 0.298 e. The lowest BCUT2D eigenvalue weighted by molar-refractivity contribution is -0.133. The normalized spacial score (nSPS) is 32.4. The Morgan fingerprint density at radius 2 is 1.75 bits per heavy atom. The van der Waals surface area contributed by atoms with Gasteiger partial charge in [0.2, 0.25) is 0 Å². The van der Waals surface area contributed by atoms with Gasteiger partial charge in [0.25, 0.3) is 0 Å². The van der Waals surface area contributed by atoms with Crippen LogP contribution in [0.4, 0.5) is 0 Å². The van der Waals surface area contributed by atoms with Crippen molar-refractivity contribution in [3.05, 3.63) is 35.9 Å². The van der Waals surface area contributed by atoms with E-state index in [0.29, 0.717) is 17.6 Å². The SMILES string of the molecule is CC1CCC(C(=O)C2(c3ccccc3)CCC2)CC1C. The molecule has 2 fully saturated rings. The average Bonchev–Trinajstić information content (AvgIpc) is 2.42. The molecule has 2 aliphatic carbocycles. The third-order valence-electron chi connectivity index (χ3n) is 5.97. The van der Waals surface area contributed by atoms with Gasteiger partial charge < -0.3 is 0 Å². The van der Waals surface area contributed by atoms with Crippen LogP contribution in [-0.2, 0) is 10.2 Å². The van der Waals surface area contributed by atoms with Crippen LogP contribution in [-0.4, -0.2) is 5.78 Å². The molecule has 0 aliphatic heterocycles. The molecule has 1 heteroatoms. The molecule has 1 aromatic rings. The van der Waals surface area contributed by atoms with Gasteiger partial charge in [0.05, 0.1) is 5.41 Å². The highest BCUT2D eigenvalue weighted by Crippen LogP contribution is 2.48. The van der Waals surface area contributed by atoms with Gasteiger partial charge in [-0.25, -0.2) is 0 Å². The Morgan fingerprint density at radius 3 is 2.30 bits per heavy atom. The minimum absolute atomic E-state index is 0.133. The van der Waals surface area contributed by atoms with Crippen molar-refractivity contribution in [2.45, 2.75) is 57.8 Å². The molecule has 0 saturated heterocycles. The van der Waals surface area contributed by atoms with Crippen molar-refractivity contribution in [1.29, 1.82) is 0 Å². The summed E-state index contributed by atoms with van der Waals surface area (Å²) < 4.78 is 0. The standard InChI is InChI=1S/C19H26O/c1-14-9-10-16(13-15(14)2)18(20)19(11-6-12-19)17-7-4-3-5-8-17/h3-5,7-8,14-16H,6,9-13H2,1-2H3. The van der Waals surface area contributed by atoms with Crippen molar-refractivity contribution in [3.8, 4) is 0 Å². The van der Waals surface area contributed by atoms with E-state index >= 15 is 0 Å². The van der Waals surface area contributed by atoms with Gasteiger partial charge in [0, 0.05) is 5.92 Å². The lowest BCUT2D eigenvalue weighted by Crippen LogP contribution is -2.47. The first-order valence-corrected chi connectivity index (χ1v) is 8.23. The molecular formula is C19H26O. The third-order valence-corrected chi connectivity index (χ3v) is 5.97. The van der Waals surface area contributed by atoms with Crippen LogP contribution < -0.4 is 0 Å². The highest BCUT2D eigenvalue weighted by molar-refractivity contribution is 5.93. The Labute approximate surface area is 122 Å². The highest BCUT2D eigenvalue weighted by Gasteiger charge is 2.48. The summed E-state index contributed by atoms with van der Waals surface area (Å²) in [4.78, 5) is 13.2. The Morgan fingerprint density at radius 1 is 1.05 bits per heavy atom. The third kappa shape index (κ3) is 2.21. The van der Waals surface area contributed by atoms with Crippen molar-refractivity contribution in [2.75, 3.05) is 0 Å². The van der Waals surface area contributed by atoms with Crippen LogP contribution >= 0.6 is 0 Å². The summed E-state index contributed by atoms with van der Waals surface area (Å²) >= 11 is 0. The fourth-order valence-corrected chi connectivity index (χ4v) is 4.14. The second kappa shape index (κ2) is 5.35. The molecule has 3 unspecified atom stereocenters. The first-order valence-electron chi connectivity index (χ1n) is 8.23. The van der Waals surface area contributed by atoms with Crippen LogP contribution in [0.5, 0.6) is 0 Å². The van der Waals surface area contributed by atoms with Crippen LogP contribution in [0, 0.1) is 17.8 Å². The number of benzene rings is 1.